The molecule has 0 bridgehead atoms. The van der Waals surface area contributed by atoms with Gasteiger partial charge in [0.1, 0.15) is 0 Å². The smallest absolute Gasteiger partial charge is 0.0702 e. The molecule has 3 nitrogen and oxygen atoms in total. The molecule has 2 aliphatic heterocycles. The third-order valence-electron chi connectivity index (χ3n) is 4.03. The molecule has 3 heteroatoms. The van der Waals surface area contributed by atoms with Crippen molar-refractivity contribution in [3.63, 3.8) is 0 Å². The van der Waals surface area contributed by atoms with Crippen LogP contribution in [0.25, 0.3) is 0 Å². The Kier molecular flexibility index (Phi) is 4.62. The molecule has 2 fully saturated rings. The van der Waals surface area contributed by atoms with E-state index in [9.17, 15) is 0 Å². The zero-order valence-electron chi connectivity index (χ0n) is 10.7. The Morgan fingerprint density at radius 3 is 2.94 bits per heavy atom. The van der Waals surface area contributed by atoms with Crippen LogP contribution < -0.4 is 5.32 Å². The van der Waals surface area contributed by atoms with E-state index in [-0.39, 0.29) is 0 Å². The topological polar surface area (TPSA) is 24.5 Å². The third-order valence-corrected chi connectivity index (χ3v) is 4.03. The van der Waals surface area contributed by atoms with Crippen LogP contribution in [0.3, 0.4) is 0 Å². The second-order valence-electron chi connectivity index (χ2n) is 5.29. The van der Waals surface area contributed by atoms with E-state index in [1.54, 1.807) is 0 Å². The van der Waals surface area contributed by atoms with E-state index in [0.29, 0.717) is 18.2 Å². The highest BCUT2D eigenvalue weighted by Gasteiger charge is 2.26. The molecule has 1 N–H and O–H groups in total. The zero-order chi connectivity index (χ0) is 11.4. The van der Waals surface area contributed by atoms with Gasteiger partial charge in [0.15, 0.2) is 0 Å². The maximum atomic E-state index is 5.75. The molecule has 3 unspecified atom stereocenters. The van der Waals surface area contributed by atoms with Crippen LogP contribution in [0.2, 0.25) is 0 Å². The van der Waals surface area contributed by atoms with Crippen molar-refractivity contribution < 1.29 is 4.74 Å². The molecule has 16 heavy (non-hydrogen) atoms. The van der Waals surface area contributed by atoms with Gasteiger partial charge in [-0.2, -0.15) is 0 Å². The Morgan fingerprint density at radius 1 is 1.38 bits per heavy atom. The van der Waals surface area contributed by atoms with Crippen LogP contribution in [-0.2, 0) is 4.74 Å². The lowest BCUT2D eigenvalue weighted by Gasteiger charge is -2.30. The van der Waals surface area contributed by atoms with Crippen LogP contribution in [0.4, 0.5) is 0 Å². The van der Waals surface area contributed by atoms with Crippen LogP contribution in [0, 0.1) is 0 Å². The highest BCUT2D eigenvalue weighted by molar-refractivity contribution is 4.82. The maximum Gasteiger partial charge on any atom is 0.0702 e. The van der Waals surface area contributed by atoms with Crippen molar-refractivity contribution in [2.75, 3.05) is 26.2 Å². The molecular weight excluding hydrogens is 200 g/mol. The van der Waals surface area contributed by atoms with Gasteiger partial charge in [-0.3, -0.25) is 4.90 Å². The minimum absolute atomic E-state index is 0.498. The molecule has 0 radical (unpaired) electrons. The lowest BCUT2D eigenvalue weighted by molar-refractivity contribution is 0.0590. The van der Waals surface area contributed by atoms with Gasteiger partial charge in [0.2, 0.25) is 0 Å². The summed E-state index contributed by atoms with van der Waals surface area (Å²) in [4.78, 5) is 2.63. The highest BCUT2D eigenvalue weighted by atomic mass is 16.5. The summed E-state index contributed by atoms with van der Waals surface area (Å²) in [6, 6.07) is 1.37. The summed E-state index contributed by atoms with van der Waals surface area (Å²) in [6.07, 6.45) is 5.51. The van der Waals surface area contributed by atoms with E-state index in [1.165, 1.54) is 38.8 Å². The van der Waals surface area contributed by atoms with E-state index in [1.807, 2.05) is 0 Å². The lowest BCUT2D eigenvalue weighted by atomic mass is 10.1. The molecule has 2 saturated heterocycles. The Hall–Kier alpha value is -0.120. The van der Waals surface area contributed by atoms with Gasteiger partial charge in [0.05, 0.1) is 6.10 Å². The average molecular weight is 226 g/mol. The fourth-order valence-electron chi connectivity index (χ4n) is 2.78. The predicted molar refractivity (Wildman–Crippen MR) is 66.7 cm³/mol. The quantitative estimate of drug-likeness (QED) is 0.791. The molecule has 94 valence electrons. The van der Waals surface area contributed by atoms with Crippen molar-refractivity contribution in [2.24, 2.45) is 0 Å². The number of ether oxygens (including phenoxy) is 1. The summed E-state index contributed by atoms with van der Waals surface area (Å²) in [5.41, 5.74) is 0. The maximum absolute atomic E-state index is 5.75. The summed E-state index contributed by atoms with van der Waals surface area (Å²) < 4.78 is 5.75. The lowest BCUT2D eigenvalue weighted by Crippen LogP contribution is -2.43. The number of nitrogens with zero attached hydrogens (tertiary/aromatic N) is 1. The van der Waals surface area contributed by atoms with Crippen LogP contribution in [0.1, 0.15) is 39.5 Å². The second-order valence-corrected chi connectivity index (χ2v) is 5.29. The minimum atomic E-state index is 0.498. The Bertz CT molecular complexity index is 204. The van der Waals surface area contributed by atoms with Crippen molar-refractivity contribution in [3.05, 3.63) is 0 Å². The number of hydrogen-bond donors (Lipinski definition) is 1. The van der Waals surface area contributed by atoms with Gasteiger partial charge in [0.25, 0.3) is 0 Å². The standard InChI is InChI=1S/C13H26N2O/c1-3-12-9-15(11(2)6-7-14-12)10-13-5-4-8-16-13/h11-14H,3-10H2,1-2H3. The van der Waals surface area contributed by atoms with Crippen molar-refractivity contribution in [1.82, 2.24) is 10.2 Å². The molecule has 0 saturated carbocycles. The van der Waals surface area contributed by atoms with Crippen LogP contribution in [-0.4, -0.2) is 49.3 Å². The van der Waals surface area contributed by atoms with Gasteiger partial charge in [0, 0.05) is 31.8 Å². The number of hydrogen-bond acceptors (Lipinski definition) is 3. The molecule has 0 aromatic heterocycles. The van der Waals surface area contributed by atoms with E-state index in [4.69, 9.17) is 4.74 Å². The van der Waals surface area contributed by atoms with Crippen molar-refractivity contribution >= 4 is 0 Å². The summed E-state index contributed by atoms with van der Waals surface area (Å²) in [6.45, 7) is 9.10. The van der Waals surface area contributed by atoms with E-state index < -0.39 is 0 Å². The SMILES string of the molecule is CCC1CN(CC2CCCO2)C(C)CCN1. The van der Waals surface area contributed by atoms with E-state index in [2.05, 4.69) is 24.1 Å². The van der Waals surface area contributed by atoms with E-state index >= 15 is 0 Å². The molecule has 3 atom stereocenters. The van der Waals surface area contributed by atoms with E-state index in [0.717, 1.165) is 13.2 Å². The van der Waals surface area contributed by atoms with Crippen LogP contribution in [0.5, 0.6) is 0 Å². The first-order chi connectivity index (χ1) is 7.79. The molecule has 2 rings (SSSR count). The normalized spacial score (nSPS) is 37.5. The predicted octanol–water partition coefficient (Wildman–Crippen LogP) is 1.63. The first kappa shape index (κ1) is 12.3. The number of rotatable bonds is 3. The van der Waals surface area contributed by atoms with Gasteiger partial charge >= 0.3 is 0 Å². The van der Waals surface area contributed by atoms with Crippen molar-refractivity contribution in [3.8, 4) is 0 Å². The van der Waals surface area contributed by atoms with Gasteiger partial charge in [-0.25, -0.2) is 0 Å². The Balaban J connectivity index is 1.87. The first-order valence-electron chi connectivity index (χ1n) is 6.88. The molecule has 2 aliphatic rings. The van der Waals surface area contributed by atoms with Gasteiger partial charge in [-0.05, 0) is 39.2 Å². The summed E-state index contributed by atoms with van der Waals surface area (Å²) in [5.74, 6) is 0. The molecule has 0 amide bonds. The monoisotopic (exact) mass is 226 g/mol. The van der Waals surface area contributed by atoms with Crippen molar-refractivity contribution in [2.45, 2.75) is 57.7 Å². The molecular formula is C13H26N2O. The summed E-state index contributed by atoms with van der Waals surface area (Å²) >= 11 is 0. The summed E-state index contributed by atoms with van der Waals surface area (Å²) in [5, 5.41) is 3.63. The molecule has 2 heterocycles. The summed E-state index contributed by atoms with van der Waals surface area (Å²) in [7, 11) is 0. The Morgan fingerprint density at radius 2 is 2.25 bits per heavy atom. The highest BCUT2D eigenvalue weighted by Crippen LogP contribution is 2.17. The second kappa shape index (κ2) is 5.99. The first-order valence-corrected chi connectivity index (χ1v) is 6.88. The molecule has 0 aromatic carbocycles. The van der Waals surface area contributed by atoms with Crippen LogP contribution in [0.15, 0.2) is 0 Å². The average Bonchev–Trinajstić information content (AvgIpc) is 2.72. The van der Waals surface area contributed by atoms with Gasteiger partial charge in [-0.15, -0.1) is 0 Å². The van der Waals surface area contributed by atoms with Crippen LogP contribution >= 0.6 is 0 Å². The molecule has 0 aromatic rings. The van der Waals surface area contributed by atoms with Gasteiger partial charge < -0.3 is 10.1 Å². The largest absolute Gasteiger partial charge is 0.377 e. The Labute approximate surface area is 99.5 Å². The third kappa shape index (κ3) is 3.19. The minimum Gasteiger partial charge on any atom is -0.377 e. The fraction of sp³-hybridized carbons (Fsp3) is 1.00. The fourth-order valence-corrected chi connectivity index (χ4v) is 2.78. The number of nitrogens with one attached hydrogen (secondary N) is 1. The molecule has 0 aliphatic carbocycles. The zero-order valence-corrected chi connectivity index (χ0v) is 10.7. The van der Waals surface area contributed by atoms with Crippen molar-refractivity contribution in [1.29, 1.82) is 0 Å². The molecule has 0 spiro atoms. The van der Waals surface area contributed by atoms with Gasteiger partial charge in [-0.1, -0.05) is 6.92 Å².